The zero-order valence-corrected chi connectivity index (χ0v) is 11.7. The lowest BCUT2D eigenvalue weighted by molar-refractivity contribution is 0.261. The number of amides is 2. The molecule has 0 bridgehead atoms. The maximum Gasteiger partial charge on any atom is 0.326 e. The van der Waals surface area contributed by atoms with Gasteiger partial charge in [0.15, 0.2) is 0 Å². The first-order valence-electron chi connectivity index (χ1n) is 6.25. The molecule has 0 spiro atoms. The van der Waals surface area contributed by atoms with Crippen LogP contribution in [-0.2, 0) is 5.41 Å². The number of nitrogens with zero attached hydrogens (tertiary/aromatic N) is 1. The average molecular weight is 274 g/mol. The summed E-state index contributed by atoms with van der Waals surface area (Å²) in [6.07, 6.45) is 0. The Balaban J connectivity index is 1.98. The summed E-state index contributed by atoms with van der Waals surface area (Å²) < 4.78 is 5.08. The zero-order valence-electron chi connectivity index (χ0n) is 11.7. The summed E-state index contributed by atoms with van der Waals surface area (Å²) in [5, 5.41) is 9.18. The predicted octanol–water partition coefficient (Wildman–Crippen LogP) is 3.20. The van der Waals surface area contributed by atoms with Crippen LogP contribution < -0.4 is 16.4 Å². The van der Waals surface area contributed by atoms with E-state index in [2.05, 4.69) is 15.8 Å². The van der Waals surface area contributed by atoms with Gasteiger partial charge in [0.2, 0.25) is 5.88 Å². The molecular weight excluding hydrogens is 256 g/mol. The number of hydrogen-bond donors (Lipinski definition) is 3. The second kappa shape index (κ2) is 5.24. The fourth-order valence-electron chi connectivity index (χ4n) is 1.53. The number of urea groups is 1. The Bertz CT molecular complexity index is 596. The van der Waals surface area contributed by atoms with E-state index < -0.39 is 6.03 Å². The monoisotopic (exact) mass is 274 g/mol. The summed E-state index contributed by atoms with van der Waals surface area (Å²) in [6, 6.07) is 8.17. The molecule has 20 heavy (non-hydrogen) atoms. The summed E-state index contributed by atoms with van der Waals surface area (Å²) in [7, 11) is 0. The molecular formula is C14H18N4O2. The van der Waals surface area contributed by atoms with Gasteiger partial charge in [0, 0.05) is 22.9 Å². The minimum Gasteiger partial charge on any atom is -0.399 e. The van der Waals surface area contributed by atoms with E-state index in [1.807, 2.05) is 20.8 Å². The van der Waals surface area contributed by atoms with Gasteiger partial charge in [-0.1, -0.05) is 25.9 Å². The van der Waals surface area contributed by atoms with E-state index in [-0.39, 0.29) is 5.41 Å². The van der Waals surface area contributed by atoms with Crippen LogP contribution in [0.25, 0.3) is 0 Å². The Morgan fingerprint density at radius 2 is 1.85 bits per heavy atom. The molecule has 1 aromatic carbocycles. The van der Waals surface area contributed by atoms with Crippen molar-refractivity contribution < 1.29 is 9.32 Å². The van der Waals surface area contributed by atoms with Crippen molar-refractivity contribution >= 4 is 23.3 Å². The Kier molecular flexibility index (Phi) is 3.65. The highest BCUT2D eigenvalue weighted by Gasteiger charge is 2.19. The molecule has 1 heterocycles. The Hall–Kier alpha value is -2.50. The largest absolute Gasteiger partial charge is 0.399 e. The summed E-state index contributed by atoms with van der Waals surface area (Å²) >= 11 is 0. The van der Waals surface area contributed by atoms with Crippen LogP contribution in [0, 0.1) is 0 Å². The van der Waals surface area contributed by atoms with Gasteiger partial charge in [-0.05, 0) is 24.3 Å². The van der Waals surface area contributed by atoms with Gasteiger partial charge in [0.05, 0.1) is 5.69 Å². The van der Waals surface area contributed by atoms with Crippen molar-refractivity contribution in [1.82, 2.24) is 5.16 Å². The molecule has 2 rings (SSSR count). The van der Waals surface area contributed by atoms with Crippen molar-refractivity contribution in [3.05, 3.63) is 36.0 Å². The van der Waals surface area contributed by atoms with E-state index in [4.69, 9.17) is 10.3 Å². The van der Waals surface area contributed by atoms with Gasteiger partial charge in [-0.15, -0.1) is 0 Å². The first-order valence-corrected chi connectivity index (χ1v) is 6.25. The van der Waals surface area contributed by atoms with Gasteiger partial charge in [0.1, 0.15) is 0 Å². The normalized spacial score (nSPS) is 11.2. The number of anilines is 3. The fourth-order valence-corrected chi connectivity index (χ4v) is 1.53. The average Bonchev–Trinajstić information content (AvgIpc) is 2.80. The standard InChI is InChI=1S/C14H18N4O2/c1-14(2,3)11-8-12(20-18-11)17-13(19)16-10-6-4-9(15)5-7-10/h4-8H,15H2,1-3H3,(H2,16,17,19). The molecule has 2 amide bonds. The van der Waals surface area contributed by atoms with Crippen molar-refractivity contribution in [2.24, 2.45) is 0 Å². The molecule has 2 aromatic rings. The summed E-state index contributed by atoms with van der Waals surface area (Å²) in [5.41, 5.74) is 7.51. The smallest absolute Gasteiger partial charge is 0.326 e. The third kappa shape index (κ3) is 3.50. The number of hydrogen-bond acceptors (Lipinski definition) is 4. The molecule has 0 saturated carbocycles. The van der Waals surface area contributed by atoms with Crippen LogP contribution in [-0.4, -0.2) is 11.2 Å². The second-order valence-electron chi connectivity index (χ2n) is 5.53. The molecule has 106 valence electrons. The molecule has 4 N–H and O–H groups in total. The molecule has 0 aliphatic carbocycles. The van der Waals surface area contributed by atoms with Gasteiger partial charge in [-0.25, -0.2) is 4.79 Å². The quantitative estimate of drug-likeness (QED) is 0.733. The first-order chi connectivity index (χ1) is 9.34. The van der Waals surface area contributed by atoms with Crippen LogP contribution in [0.5, 0.6) is 0 Å². The summed E-state index contributed by atoms with van der Waals surface area (Å²) in [6.45, 7) is 6.05. The Morgan fingerprint density at radius 3 is 2.40 bits per heavy atom. The zero-order chi connectivity index (χ0) is 14.8. The Labute approximate surface area is 117 Å². The minimum atomic E-state index is -0.397. The van der Waals surface area contributed by atoms with Gasteiger partial charge >= 0.3 is 6.03 Å². The Morgan fingerprint density at radius 1 is 1.20 bits per heavy atom. The number of aromatic nitrogens is 1. The van der Waals surface area contributed by atoms with E-state index in [1.165, 1.54) is 0 Å². The molecule has 0 unspecified atom stereocenters. The molecule has 6 heteroatoms. The van der Waals surface area contributed by atoms with E-state index in [0.717, 1.165) is 5.69 Å². The molecule has 0 radical (unpaired) electrons. The highest BCUT2D eigenvalue weighted by molar-refractivity contribution is 5.98. The van der Waals surface area contributed by atoms with Crippen molar-refractivity contribution in [2.45, 2.75) is 26.2 Å². The molecule has 0 fully saturated rings. The second-order valence-corrected chi connectivity index (χ2v) is 5.53. The van der Waals surface area contributed by atoms with E-state index in [0.29, 0.717) is 17.3 Å². The third-order valence-electron chi connectivity index (χ3n) is 2.68. The number of carbonyl (C=O) groups excluding carboxylic acids is 1. The number of nitrogen functional groups attached to an aromatic ring is 1. The highest BCUT2D eigenvalue weighted by Crippen LogP contribution is 2.23. The fraction of sp³-hybridized carbons (Fsp3) is 0.286. The highest BCUT2D eigenvalue weighted by atomic mass is 16.5. The predicted molar refractivity (Wildman–Crippen MR) is 78.7 cm³/mol. The van der Waals surface area contributed by atoms with Crippen LogP contribution in [0.4, 0.5) is 22.1 Å². The van der Waals surface area contributed by atoms with Gasteiger partial charge in [-0.2, -0.15) is 0 Å². The summed E-state index contributed by atoms with van der Waals surface area (Å²) in [5.74, 6) is 0.308. The summed E-state index contributed by atoms with van der Waals surface area (Å²) in [4.78, 5) is 11.8. The minimum absolute atomic E-state index is 0.128. The number of nitrogens with one attached hydrogen (secondary N) is 2. The van der Waals surface area contributed by atoms with Crippen LogP contribution in [0.3, 0.4) is 0 Å². The van der Waals surface area contributed by atoms with Gasteiger partial charge < -0.3 is 15.6 Å². The van der Waals surface area contributed by atoms with Crippen LogP contribution in [0.2, 0.25) is 0 Å². The molecule has 0 aliphatic rings. The van der Waals surface area contributed by atoms with Gasteiger partial charge in [-0.3, -0.25) is 5.32 Å². The lowest BCUT2D eigenvalue weighted by Gasteiger charge is -2.12. The number of nitrogens with two attached hydrogens (primary N) is 1. The lowest BCUT2D eigenvalue weighted by atomic mass is 9.92. The maximum atomic E-state index is 11.8. The van der Waals surface area contributed by atoms with E-state index >= 15 is 0 Å². The number of carbonyl (C=O) groups is 1. The molecule has 0 aliphatic heterocycles. The SMILES string of the molecule is CC(C)(C)c1cc(NC(=O)Nc2ccc(N)cc2)on1. The van der Waals surface area contributed by atoms with E-state index in [9.17, 15) is 4.79 Å². The first kappa shape index (κ1) is 13.9. The van der Waals surface area contributed by atoms with Gasteiger partial charge in [0.25, 0.3) is 0 Å². The van der Waals surface area contributed by atoms with Crippen molar-refractivity contribution in [3.8, 4) is 0 Å². The van der Waals surface area contributed by atoms with Crippen molar-refractivity contribution in [1.29, 1.82) is 0 Å². The molecule has 1 aromatic heterocycles. The molecule has 6 nitrogen and oxygen atoms in total. The molecule has 0 atom stereocenters. The van der Waals surface area contributed by atoms with Crippen LogP contribution in [0.15, 0.2) is 34.9 Å². The molecule has 0 saturated heterocycles. The third-order valence-corrected chi connectivity index (χ3v) is 2.68. The topological polar surface area (TPSA) is 93.2 Å². The lowest BCUT2D eigenvalue weighted by Crippen LogP contribution is -2.19. The van der Waals surface area contributed by atoms with Crippen molar-refractivity contribution in [3.63, 3.8) is 0 Å². The van der Waals surface area contributed by atoms with Crippen LogP contribution in [0.1, 0.15) is 26.5 Å². The van der Waals surface area contributed by atoms with E-state index in [1.54, 1.807) is 30.3 Å². The maximum absolute atomic E-state index is 11.8. The van der Waals surface area contributed by atoms with Crippen LogP contribution >= 0.6 is 0 Å². The number of rotatable bonds is 2. The number of benzene rings is 1. The van der Waals surface area contributed by atoms with Crippen molar-refractivity contribution in [2.75, 3.05) is 16.4 Å².